The van der Waals surface area contributed by atoms with Gasteiger partial charge in [-0.1, -0.05) is 55.8 Å². The van der Waals surface area contributed by atoms with E-state index in [1.165, 1.54) is 43.6 Å². The number of hydrogen-bond donors (Lipinski definition) is 0. The van der Waals surface area contributed by atoms with Gasteiger partial charge in [-0.3, -0.25) is 0 Å². The maximum absolute atomic E-state index is 10.7. The van der Waals surface area contributed by atoms with Crippen LogP contribution in [-0.4, -0.2) is 18.5 Å². The van der Waals surface area contributed by atoms with Gasteiger partial charge in [-0.15, -0.1) is 3.96 Å². The first kappa shape index (κ1) is 24.2. The summed E-state index contributed by atoms with van der Waals surface area (Å²) in [5.74, 6) is 0. The minimum absolute atomic E-state index is 0.485. The molecule has 0 unspecified atom stereocenters. The topological polar surface area (TPSA) is 61.1 Å². The molecule has 1 rings (SSSR count). The van der Waals surface area contributed by atoms with E-state index < -0.39 is 15.6 Å². The number of nitrogens with zero attached hydrogens (tertiary/aromatic N) is 1. The Morgan fingerprint density at radius 2 is 1.54 bits per heavy atom. The Kier molecular flexibility index (Phi) is 11.1. The molecule has 4 nitrogen and oxygen atoms in total. The monoisotopic (exact) mass is 449 g/mol. The van der Waals surface area contributed by atoms with Gasteiger partial charge in [0, 0.05) is 6.42 Å². The molecule has 1 heterocycles. The van der Waals surface area contributed by atoms with Crippen molar-refractivity contribution < 1.29 is 30.1 Å². The van der Waals surface area contributed by atoms with Crippen LogP contribution in [0.25, 0.3) is 0 Å². The smallest absolute Gasteiger partial charge is 0.485 e. The van der Waals surface area contributed by atoms with Crippen LogP contribution in [0.1, 0.15) is 45.4 Å². The maximum atomic E-state index is 10.7. The van der Waals surface area contributed by atoms with E-state index >= 15 is 0 Å². The zero-order valence-electron chi connectivity index (χ0n) is 12.7. The molecule has 0 saturated carbocycles. The molecule has 0 bridgehead atoms. The van der Waals surface area contributed by atoms with Gasteiger partial charge in [-0.25, -0.2) is 8.42 Å². The van der Waals surface area contributed by atoms with Crippen molar-refractivity contribution in [3.63, 3.8) is 0 Å². The van der Waals surface area contributed by atoms with E-state index in [0.717, 1.165) is 13.0 Å². The molecule has 12 heteroatoms. The molecule has 1 aromatic heterocycles. The highest BCUT2D eigenvalue weighted by Crippen LogP contribution is 2.31. The van der Waals surface area contributed by atoms with Crippen molar-refractivity contribution >= 4 is 56.5 Å². The highest BCUT2D eigenvalue weighted by molar-refractivity contribution is 7.86. The third-order valence-electron chi connectivity index (χ3n) is 2.76. The molecule has 0 spiro atoms. The summed E-state index contributed by atoms with van der Waals surface area (Å²) in [6, 6.07) is 0. The van der Waals surface area contributed by atoms with Gasteiger partial charge < -0.3 is 4.55 Å². The minimum Gasteiger partial charge on any atom is -0.741 e. The molecule has 0 amide bonds. The van der Waals surface area contributed by atoms with Gasteiger partial charge in [0.05, 0.1) is 0 Å². The first-order valence-corrected chi connectivity index (χ1v) is 10.3. The van der Waals surface area contributed by atoms with Crippen LogP contribution in [0.3, 0.4) is 0 Å². The number of alkyl halides is 3. The molecule has 0 N–H and O–H groups in total. The summed E-state index contributed by atoms with van der Waals surface area (Å²) in [7, 11) is -6.09. The highest BCUT2D eigenvalue weighted by atomic mass is 35.5. The van der Waals surface area contributed by atoms with E-state index in [9.17, 15) is 13.2 Å². The van der Waals surface area contributed by atoms with E-state index in [2.05, 4.69) is 6.92 Å². The molecule has 0 aliphatic carbocycles. The molecule has 0 radical (unpaired) electrons. The van der Waals surface area contributed by atoms with Gasteiger partial charge in [-0.2, -0.15) is 13.2 Å². The van der Waals surface area contributed by atoms with Crippen molar-refractivity contribution in [2.24, 2.45) is 0 Å². The normalized spacial score (nSPS) is 12.0. The summed E-state index contributed by atoms with van der Waals surface area (Å²) in [6.45, 7) is 3.15. The predicted octanol–water partition coefficient (Wildman–Crippen LogP) is 5.41. The molecule has 0 aromatic carbocycles. The van der Waals surface area contributed by atoms with Crippen molar-refractivity contribution in [3.05, 3.63) is 14.5 Å². The van der Waals surface area contributed by atoms with Crippen LogP contribution in [0.5, 0.6) is 0 Å². The number of halogens is 6. The molecule has 0 atom stereocenters. The molecule has 0 saturated heterocycles. The molecule has 142 valence electrons. The average Bonchev–Trinajstić information content (AvgIpc) is 2.69. The second kappa shape index (κ2) is 11.0. The fourth-order valence-electron chi connectivity index (χ4n) is 1.55. The fraction of sp³-hybridized carbons (Fsp3) is 0.750. The predicted molar refractivity (Wildman–Crippen MR) is 88.7 cm³/mol. The lowest BCUT2D eigenvalue weighted by molar-refractivity contribution is -0.627. The van der Waals surface area contributed by atoms with E-state index in [0.29, 0.717) is 14.5 Å². The molecule has 24 heavy (non-hydrogen) atoms. The van der Waals surface area contributed by atoms with Crippen LogP contribution in [-0.2, 0) is 16.7 Å². The summed E-state index contributed by atoms with van der Waals surface area (Å²) in [5, 5.41) is 1.06. The standard InChI is InChI=1S/C11H17Cl3NS.CHF3O3S/c1-2-3-4-5-6-7-8-15-10(13)9(12)11(14)16-15;2-1(3,4)8(5,6)7/h2-8H2,1H3;(H,5,6,7)/q+1;/p-1. The van der Waals surface area contributed by atoms with Gasteiger partial charge in [0.1, 0.15) is 0 Å². The molecular formula is C12H17Cl3F3NO3S2. The maximum Gasteiger partial charge on any atom is 0.485 e. The fourth-order valence-corrected chi connectivity index (χ4v) is 3.29. The number of hydrogen-bond acceptors (Lipinski definition) is 4. The van der Waals surface area contributed by atoms with Crippen LogP contribution in [0.15, 0.2) is 0 Å². The van der Waals surface area contributed by atoms with Crippen LogP contribution in [0.4, 0.5) is 13.2 Å². The molecule has 0 aliphatic rings. The summed E-state index contributed by atoms with van der Waals surface area (Å²) < 4.78 is 61.4. The minimum atomic E-state index is -6.09. The highest BCUT2D eigenvalue weighted by Gasteiger charge is 2.36. The van der Waals surface area contributed by atoms with Gasteiger partial charge in [0.2, 0.25) is 0 Å². The number of unbranched alkanes of at least 4 members (excludes halogenated alkanes) is 5. The van der Waals surface area contributed by atoms with Crippen LogP contribution in [0.2, 0.25) is 14.5 Å². The van der Waals surface area contributed by atoms with E-state index in [4.69, 9.17) is 47.8 Å². The molecule has 0 fully saturated rings. The van der Waals surface area contributed by atoms with Gasteiger partial charge in [0.15, 0.2) is 37.6 Å². The SMILES string of the molecule is CCCCCCCC[n+]1sc(Cl)c(Cl)c1Cl.O=S(=O)([O-])C(F)(F)F. The van der Waals surface area contributed by atoms with Crippen molar-refractivity contribution in [1.82, 2.24) is 0 Å². The summed E-state index contributed by atoms with van der Waals surface area (Å²) in [5.41, 5.74) is -5.65. The van der Waals surface area contributed by atoms with Crippen molar-refractivity contribution in [2.45, 2.75) is 57.5 Å². The van der Waals surface area contributed by atoms with E-state index in [1.54, 1.807) is 0 Å². The lowest BCUT2D eigenvalue weighted by Crippen LogP contribution is -2.29. The Balaban J connectivity index is 0.000000561. The lowest BCUT2D eigenvalue weighted by Gasteiger charge is -2.08. The lowest BCUT2D eigenvalue weighted by atomic mass is 10.1. The third kappa shape index (κ3) is 9.05. The third-order valence-corrected chi connectivity index (χ3v) is 5.84. The molecular weight excluding hydrogens is 434 g/mol. The Hall–Kier alpha value is 0.200. The first-order chi connectivity index (χ1) is 10.9. The Morgan fingerprint density at radius 1 is 1.08 bits per heavy atom. The van der Waals surface area contributed by atoms with Gasteiger partial charge in [0.25, 0.3) is 0 Å². The Morgan fingerprint density at radius 3 is 1.92 bits per heavy atom. The number of aromatic nitrogens is 1. The van der Waals surface area contributed by atoms with Crippen molar-refractivity contribution in [2.75, 3.05) is 0 Å². The number of rotatable bonds is 7. The summed E-state index contributed by atoms with van der Waals surface area (Å²) in [4.78, 5) is 0. The van der Waals surface area contributed by atoms with E-state index in [1.807, 2.05) is 3.96 Å². The largest absolute Gasteiger partial charge is 0.741 e. The number of aryl methyl sites for hydroxylation is 1. The van der Waals surface area contributed by atoms with Crippen LogP contribution in [0, 0.1) is 0 Å². The van der Waals surface area contributed by atoms with Crippen molar-refractivity contribution in [3.8, 4) is 0 Å². The van der Waals surface area contributed by atoms with Crippen molar-refractivity contribution in [1.29, 1.82) is 0 Å². The van der Waals surface area contributed by atoms with Crippen LogP contribution < -0.4 is 3.96 Å². The zero-order chi connectivity index (χ0) is 19.0. The summed E-state index contributed by atoms with van der Waals surface area (Å²) >= 11 is 19.3. The zero-order valence-corrected chi connectivity index (χ0v) is 16.6. The Bertz CT molecular complexity index is 607. The Labute approximate surface area is 158 Å². The van der Waals surface area contributed by atoms with E-state index in [-0.39, 0.29) is 0 Å². The van der Waals surface area contributed by atoms with Gasteiger partial charge >= 0.3 is 10.7 Å². The second-order valence-electron chi connectivity index (χ2n) is 4.74. The summed E-state index contributed by atoms with van der Waals surface area (Å²) in [6.07, 6.45) is 7.65. The second-order valence-corrected chi connectivity index (χ2v) is 8.48. The molecule has 0 aliphatic heterocycles. The van der Waals surface area contributed by atoms with Gasteiger partial charge in [-0.05, 0) is 18.0 Å². The quantitative estimate of drug-likeness (QED) is 0.241. The first-order valence-electron chi connectivity index (χ1n) is 6.97. The molecule has 1 aromatic rings. The van der Waals surface area contributed by atoms with Crippen LogP contribution >= 0.6 is 46.3 Å². The average molecular weight is 451 g/mol.